The van der Waals surface area contributed by atoms with E-state index in [9.17, 15) is 9.59 Å². The molecule has 0 saturated carbocycles. The van der Waals surface area contributed by atoms with Crippen LogP contribution in [0.25, 0.3) is 0 Å². The Morgan fingerprint density at radius 3 is 2.79 bits per heavy atom. The highest BCUT2D eigenvalue weighted by Gasteiger charge is 2.09. The molecule has 0 bridgehead atoms. The molecule has 0 spiro atoms. The van der Waals surface area contributed by atoms with Crippen molar-refractivity contribution in [2.75, 3.05) is 0 Å². The van der Waals surface area contributed by atoms with Crippen LogP contribution in [0.15, 0.2) is 29.8 Å². The van der Waals surface area contributed by atoms with E-state index in [4.69, 9.17) is 5.11 Å². The summed E-state index contributed by atoms with van der Waals surface area (Å²) in [5, 5.41) is 13.3. The molecule has 5 nitrogen and oxygen atoms in total. The molecule has 0 aromatic carbocycles. The van der Waals surface area contributed by atoms with Crippen LogP contribution in [0.3, 0.4) is 0 Å². The molecule has 19 heavy (non-hydrogen) atoms. The molecule has 2 heterocycles. The van der Waals surface area contributed by atoms with Gasteiger partial charge in [-0.05, 0) is 40.8 Å². The fraction of sp³-hybridized carbons (Fsp3) is 0.0833. The zero-order chi connectivity index (χ0) is 13.8. The van der Waals surface area contributed by atoms with E-state index >= 15 is 0 Å². The van der Waals surface area contributed by atoms with E-state index in [1.807, 2.05) is 0 Å². The predicted molar refractivity (Wildman–Crippen MR) is 79.4 cm³/mol. The second kappa shape index (κ2) is 6.11. The molecule has 1 amide bonds. The molecule has 2 aromatic heterocycles. The van der Waals surface area contributed by atoms with E-state index in [1.165, 1.54) is 29.7 Å². The summed E-state index contributed by atoms with van der Waals surface area (Å²) in [4.78, 5) is 26.6. The van der Waals surface area contributed by atoms with Crippen molar-refractivity contribution in [2.24, 2.45) is 0 Å². The predicted octanol–water partition coefficient (Wildman–Crippen LogP) is 2.38. The average Bonchev–Trinajstić information content (AvgIpc) is 2.83. The number of nitrogens with one attached hydrogen (secondary N) is 1. The third-order valence-corrected chi connectivity index (χ3v) is 4.11. The summed E-state index contributed by atoms with van der Waals surface area (Å²) in [6.45, 7) is 0.201. The average molecular weight is 388 g/mol. The highest BCUT2D eigenvalue weighted by Crippen LogP contribution is 2.16. The van der Waals surface area contributed by atoms with Crippen LogP contribution in [0, 0.1) is 2.88 Å². The number of pyridine rings is 1. The first-order valence-electron chi connectivity index (χ1n) is 5.26. The lowest BCUT2D eigenvalue weighted by Crippen LogP contribution is -2.23. The number of carbonyl (C=O) groups excluding carboxylic acids is 1. The van der Waals surface area contributed by atoms with Gasteiger partial charge in [0.05, 0.1) is 26.2 Å². The maximum absolute atomic E-state index is 11.8. The van der Waals surface area contributed by atoms with Crippen LogP contribution in [0.1, 0.15) is 26.4 Å². The van der Waals surface area contributed by atoms with Crippen LogP contribution in [0.5, 0.6) is 0 Å². The smallest absolute Gasteiger partial charge is 0.335 e. The van der Waals surface area contributed by atoms with Gasteiger partial charge >= 0.3 is 5.97 Å². The summed E-state index contributed by atoms with van der Waals surface area (Å²) in [5.74, 6) is -1.20. The Balaban J connectivity index is 2.01. The first-order chi connectivity index (χ1) is 9.06. The Morgan fingerprint density at radius 2 is 2.16 bits per heavy atom. The van der Waals surface area contributed by atoms with Crippen molar-refractivity contribution in [1.29, 1.82) is 0 Å². The normalized spacial score (nSPS) is 10.2. The standard InChI is InChI=1S/C12H9IN2O3S/c13-10-4-8(6-19-10)11(16)15-5-9-3-7(12(17)18)1-2-14-9/h1-4,6H,5H2,(H,15,16)(H,17,18). The van der Waals surface area contributed by atoms with Crippen molar-refractivity contribution in [1.82, 2.24) is 10.3 Å². The molecule has 0 aliphatic rings. The minimum absolute atomic E-state index is 0.157. The Morgan fingerprint density at radius 1 is 1.37 bits per heavy atom. The van der Waals surface area contributed by atoms with E-state index in [1.54, 1.807) is 11.4 Å². The van der Waals surface area contributed by atoms with Crippen LogP contribution in [0.2, 0.25) is 0 Å². The van der Waals surface area contributed by atoms with Crippen molar-refractivity contribution in [2.45, 2.75) is 6.54 Å². The van der Waals surface area contributed by atoms with Crippen LogP contribution >= 0.6 is 33.9 Å². The number of thiophene rings is 1. The number of aromatic nitrogens is 1. The number of carboxylic acids is 1. The van der Waals surface area contributed by atoms with Gasteiger partial charge in [0.1, 0.15) is 0 Å². The van der Waals surface area contributed by atoms with E-state index in [0.717, 1.165) is 2.88 Å². The van der Waals surface area contributed by atoms with Crippen molar-refractivity contribution in [3.63, 3.8) is 0 Å². The van der Waals surface area contributed by atoms with Crippen molar-refractivity contribution >= 4 is 45.8 Å². The molecule has 0 saturated heterocycles. The Bertz CT molecular complexity index is 627. The van der Waals surface area contributed by atoms with Crippen LogP contribution in [0.4, 0.5) is 0 Å². The lowest BCUT2D eigenvalue weighted by atomic mass is 10.2. The molecule has 2 rings (SSSR count). The fourth-order valence-corrected chi connectivity index (χ4v) is 2.74. The van der Waals surface area contributed by atoms with Crippen molar-refractivity contribution < 1.29 is 14.7 Å². The summed E-state index contributed by atoms with van der Waals surface area (Å²) >= 11 is 3.64. The number of carboxylic acid groups (broad SMARTS) is 1. The fourth-order valence-electron chi connectivity index (χ4n) is 1.41. The van der Waals surface area contributed by atoms with Gasteiger partial charge in [-0.2, -0.15) is 0 Å². The number of rotatable bonds is 4. The van der Waals surface area contributed by atoms with Gasteiger partial charge in [0.2, 0.25) is 0 Å². The molecule has 0 radical (unpaired) electrons. The van der Waals surface area contributed by atoms with E-state index in [0.29, 0.717) is 11.3 Å². The summed E-state index contributed by atoms with van der Waals surface area (Å²) < 4.78 is 1.04. The second-order valence-electron chi connectivity index (χ2n) is 3.66. The van der Waals surface area contributed by atoms with Crippen LogP contribution < -0.4 is 5.32 Å². The highest BCUT2D eigenvalue weighted by molar-refractivity contribution is 14.1. The Kier molecular flexibility index (Phi) is 4.48. The second-order valence-corrected chi connectivity index (χ2v) is 6.47. The maximum Gasteiger partial charge on any atom is 0.335 e. The Labute approximate surface area is 126 Å². The SMILES string of the molecule is O=C(O)c1ccnc(CNC(=O)c2csc(I)c2)c1. The minimum atomic E-state index is -1.01. The Hall–Kier alpha value is -1.48. The molecule has 0 aliphatic heterocycles. The molecule has 0 aliphatic carbocycles. The highest BCUT2D eigenvalue weighted by atomic mass is 127. The van der Waals surface area contributed by atoms with Crippen molar-refractivity contribution in [3.8, 4) is 0 Å². The summed E-state index contributed by atoms with van der Waals surface area (Å²) in [5.41, 5.74) is 1.27. The number of nitrogens with zero attached hydrogens (tertiary/aromatic N) is 1. The van der Waals surface area contributed by atoms with Gasteiger partial charge in [-0.1, -0.05) is 0 Å². The molecular weight excluding hydrogens is 379 g/mol. The number of hydrogen-bond acceptors (Lipinski definition) is 4. The molecule has 7 heteroatoms. The zero-order valence-electron chi connectivity index (χ0n) is 9.59. The number of halogens is 1. The van der Waals surface area contributed by atoms with Gasteiger partial charge in [-0.15, -0.1) is 11.3 Å². The molecule has 2 aromatic rings. The van der Waals surface area contributed by atoms with Gasteiger partial charge in [-0.3, -0.25) is 9.78 Å². The van der Waals surface area contributed by atoms with Crippen LogP contribution in [-0.2, 0) is 6.54 Å². The lowest BCUT2D eigenvalue weighted by Gasteiger charge is -2.04. The van der Waals surface area contributed by atoms with Crippen molar-refractivity contribution in [3.05, 3.63) is 49.5 Å². The first-order valence-corrected chi connectivity index (χ1v) is 7.22. The topological polar surface area (TPSA) is 79.3 Å². The number of carbonyl (C=O) groups is 2. The largest absolute Gasteiger partial charge is 0.478 e. The monoisotopic (exact) mass is 388 g/mol. The summed E-state index contributed by atoms with van der Waals surface area (Å²) in [6, 6.07) is 4.65. The van der Waals surface area contributed by atoms with E-state index in [-0.39, 0.29) is 18.0 Å². The molecule has 0 unspecified atom stereocenters. The van der Waals surface area contributed by atoms with Gasteiger partial charge in [-0.25, -0.2) is 4.79 Å². The number of amides is 1. The number of aromatic carboxylic acids is 1. The minimum Gasteiger partial charge on any atom is -0.478 e. The quantitative estimate of drug-likeness (QED) is 0.789. The zero-order valence-corrected chi connectivity index (χ0v) is 12.6. The third-order valence-electron chi connectivity index (χ3n) is 2.32. The molecule has 0 atom stereocenters. The first kappa shape index (κ1) is 13.9. The van der Waals surface area contributed by atoms with Crippen LogP contribution in [-0.4, -0.2) is 22.0 Å². The maximum atomic E-state index is 11.8. The molecule has 98 valence electrons. The van der Waals surface area contributed by atoms with Gasteiger partial charge in [0.15, 0.2) is 0 Å². The summed E-state index contributed by atoms with van der Waals surface area (Å²) in [7, 11) is 0. The summed E-state index contributed by atoms with van der Waals surface area (Å²) in [6.07, 6.45) is 1.42. The van der Waals surface area contributed by atoms with E-state index in [2.05, 4.69) is 32.9 Å². The molecule has 2 N–H and O–H groups in total. The third kappa shape index (κ3) is 3.74. The van der Waals surface area contributed by atoms with Gasteiger partial charge in [0.25, 0.3) is 5.91 Å². The molecule has 0 fully saturated rings. The van der Waals surface area contributed by atoms with E-state index < -0.39 is 5.97 Å². The lowest BCUT2D eigenvalue weighted by molar-refractivity contribution is 0.0696. The number of hydrogen-bond donors (Lipinski definition) is 2. The molecular formula is C12H9IN2O3S. The van der Waals surface area contributed by atoms with Gasteiger partial charge < -0.3 is 10.4 Å². The van der Waals surface area contributed by atoms with Gasteiger partial charge in [0, 0.05) is 11.6 Å².